The fraction of sp³-hybridized carbons (Fsp3) is 0.273. The van der Waals surface area contributed by atoms with Crippen LogP contribution < -0.4 is 10.6 Å². The van der Waals surface area contributed by atoms with Crippen molar-refractivity contribution in [3.63, 3.8) is 0 Å². The van der Waals surface area contributed by atoms with E-state index in [1.165, 1.54) is 0 Å². The lowest BCUT2D eigenvalue weighted by Gasteiger charge is -2.11. The average molecular weight is 375 g/mol. The number of carbonyl (C=O) groups excluding carboxylic acids is 1. The summed E-state index contributed by atoms with van der Waals surface area (Å²) in [6, 6.07) is 15.2. The molecule has 0 aliphatic heterocycles. The predicted octanol–water partition coefficient (Wildman–Crippen LogP) is 3.93. The number of hydrogen-bond donors (Lipinski definition) is 2. The highest BCUT2D eigenvalue weighted by Crippen LogP contribution is 2.18. The van der Waals surface area contributed by atoms with Crippen LogP contribution in [0.1, 0.15) is 36.3 Å². The Balaban J connectivity index is 1.82. The van der Waals surface area contributed by atoms with Gasteiger partial charge in [-0.3, -0.25) is 9.78 Å². The maximum Gasteiger partial charge on any atom is 0.270 e. The zero-order valence-corrected chi connectivity index (χ0v) is 16.2. The summed E-state index contributed by atoms with van der Waals surface area (Å²) in [6.07, 6.45) is 4.46. The number of amides is 1. The van der Waals surface area contributed by atoms with Crippen LogP contribution in [-0.2, 0) is 6.54 Å². The molecule has 3 rings (SSSR count). The average Bonchev–Trinajstić information content (AvgIpc) is 2.73. The Morgan fingerprint density at radius 2 is 1.89 bits per heavy atom. The lowest BCUT2D eigenvalue weighted by molar-refractivity contribution is 0.0947. The number of carbonyl (C=O) groups is 1. The van der Waals surface area contributed by atoms with E-state index >= 15 is 0 Å². The first kappa shape index (κ1) is 19.5. The molecule has 2 aromatic heterocycles. The third-order valence-electron chi connectivity index (χ3n) is 4.19. The van der Waals surface area contributed by atoms with E-state index in [4.69, 9.17) is 0 Å². The zero-order valence-electron chi connectivity index (χ0n) is 16.2. The third kappa shape index (κ3) is 5.61. The number of nitrogens with zero attached hydrogens (tertiary/aromatic N) is 3. The molecule has 2 N–H and O–H groups in total. The Morgan fingerprint density at radius 1 is 1.07 bits per heavy atom. The molecule has 1 aromatic carbocycles. The molecule has 144 valence electrons. The largest absolute Gasteiger partial charge is 0.366 e. The number of benzene rings is 1. The minimum absolute atomic E-state index is 0.190. The first-order valence-corrected chi connectivity index (χ1v) is 9.47. The van der Waals surface area contributed by atoms with Crippen molar-refractivity contribution in [1.82, 2.24) is 20.3 Å². The molecule has 0 spiro atoms. The van der Waals surface area contributed by atoms with Crippen molar-refractivity contribution >= 4 is 11.7 Å². The maximum atomic E-state index is 12.6. The summed E-state index contributed by atoms with van der Waals surface area (Å²) in [5, 5.41) is 6.21. The highest BCUT2D eigenvalue weighted by molar-refractivity contribution is 5.93. The van der Waals surface area contributed by atoms with Crippen molar-refractivity contribution in [2.24, 2.45) is 5.92 Å². The van der Waals surface area contributed by atoms with Gasteiger partial charge in [-0.15, -0.1) is 0 Å². The minimum atomic E-state index is -0.190. The van der Waals surface area contributed by atoms with Gasteiger partial charge in [-0.2, -0.15) is 0 Å². The molecule has 0 unspecified atom stereocenters. The Bertz CT molecular complexity index is 897. The summed E-state index contributed by atoms with van der Waals surface area (Å²) in [5.41, 5.74) is 2.25. The van der Waals surface area contributed by atoms with Crippen LogP contribution in [0.3, 0.4) is 0 Å². The Hall–Kier alpha value is -3.28. The van der Waals surface area contributed by atoms with Gasteiger partial charge in [0.1, 0.15) is 11.5 Å². The summed E-state index contributed by atoms with van der Waals surface area (Å²) in [6.45, 7) is 5.45. The number of nitrogens with one attached hydrogen (secondary N) is 2. The minimum Gasteiger partial charge on any atom is -0.366 e. The standard InChI is InChI=1S/C22H25N5O/c1-16(2)10-12-24-22(28)19-13-20(25-15-17-7-6-11-23-14-17)27-21(26-19)18-8-4-3-5-9-18/h3-9,11,13-14,16H,10,12,15H2,1-2H3,(H,24,28)(H,25,26,27). The van der Waals surface area contributed by atoms with Crippen LogP contribution in [0, 0.1) is 5.92 Å². The summed E-state index contributed by atoms with van der Waals surface area (Å²) >= 11 is 0. The normalized spacial score (nSPS) is 10.7. The number of rotatable bonds is 8. The van der Waals surface area contributed by atoms with Crippen LogP contribution in [0.2, 0.25) is 0 Å². The van der Waals surface area contributed by atoms with Crippen molar-refractivity contribution in [1.29, 1.82) is 0 Å². The van der Waals surface area contributed by atoms with Crippen molar-refractivity contribution in [3.05, 3.63) is 72.2 Å². The summed E-state index contributed by atoms with van der Waals surface area (Å²) in [7, 11) is 0. The molecular formula is C22H25N5O. The van der Waals surface area contributed by atoms with Gasteiger partial charge < -0.3 is 10.6 Å². The second-order valence-corrected chi connectivity index (χ2v) is 6.98. The van der Waals surface area contributed by atoms with E-state index < -0.39 is 0 Å². The zero-order chi connectivity index (χ0) is 19.8. The number of aromatic nitrogens is 3. The van der Waals surface area contributed by atoms with E-state index in [0.717, 1.165) is 17.5 Å². The second kappa shape index (κ2) is 9.60. The van der Waals surface area contributed by atoms with Crippen molar-refractivity contribution in [2.45, 2.75) is 26.8 Å². The molecular weight excluding hydrogens is 350 g/mol. The van der Waals surface area contributed by atoms with Crippen LogP contribution in [0.4, 0.5) is 5.82 Å². The Morgan fingerprint density at radius 3 is 2.61 bits per heavy atom. The van der Waals surface area contributed by atoms with Crippen molar-refractivity contribution in [2.75, 3.05) is 11.9 Å². The molecule has 0 aliphatic carbocycles. The van der Waals surface area contributed by atoms with Crippen LogP contribution in [0.25, 0.3) is 11.4 Å². The molecule has 6 heteroatoms. The smallest absolute Gasteiger partial charge is 0.270 e. The van der Waals surface area contributed by atoms with Gasteiger partial charge in [-0.25, -0.2) is 9.97 Å². The molecule has 0 radical (unpaired) electrons. The monoisotopic (exact) mass is 375 g/mol. The topological polar surface area (TPSA) is 79.8 Å². The van der Waals surface area contributed by atoms with Gasteiger partial charge >= 0.3 is 0 Å². The molecule has 0 saturated heterocycles. The van der Waals surface area contributed by atoms with E-state index in [-0.39, 0.29) is 5.91 Å². The highest BCUT2D eigenvalue weighted by atomic mass is 16.1. The molecule has 0 atom stereocenters. The van der Waals surface area contributed by atoms with E-state index in [9.17, 15) is 4.79 Å². The SMILES string of the molecule is CC(C)CCNC(=O)c1cc(NCc2cccnc2)nc(-c2ccccc2)n1. The second-order valence-electron chi connectivity index (χ2n) is 6.98. The number of hydrogen-bond acceptors (Lipinski definition) is 5. The molecule has 0 saturated carbocycles. The first-order valence-electron chi connectivity index (χ1n) is 9.47. The molecule has 3 aromatic rings. The van der Waals surface area contributed by atoms with Gasteiger partial charge in [0.2, 0.25) is 0 Å². The fourth-order valence-corrected chi connectivity index (χ4v) is 2.63. The van der Waals surface area contributed by atoms with Crippen LogP contribution >= 0.6 is 0 Å². The molecule has 6 nitrogen and oxygen atoms in total. The molecule has 0 aliphatic rings. The van der Waals surface area contributed by atoms with Crippen molar-refractivity contribution in [3.8, 4) is 11.4 Å². The maximum absolute atomic E-state index is 12.6. The molecule has 0 bridgehead atoms. The first-order chi connectivity index (χ1) is 13.6. The van der Waals surface area contributed by atoms with Crippen molar-refractivity contribution < 1.29 is 4.79 Å². The third-order valence-corrected chi connectivity index (χ3v) is 4.19. The Kier molecular flexibility index (Phi) is 6.68. The predicted molar refractivity (Wildman–Crippen MR) is 111 cm³/mol. The fourth-order valence-electron chi connectivity index (χ4n) is 2.63. The van der Waals surface area contributed by atoms with E-state index in [1.807, 2.05) is 42.5 Å². The lowest BCUT2D eigenvalue weighted by Crippen LogP contribution is -2.26. The van der Waals surface area contributed by atoms with Gasteiger partial charge in [0.15, 0.2) is 5.82 Å². The van der Waals surface area contributed by atoms with Gasteiger partial charge in [0.25, 0.3) is 5.91 Å². The Labute approximate surface area is 165 Å². The van der Waals surface area contributed by atoms with E-state index in [0.29, 0.717) is 36.3 Å². The van der Waals surface area contributed by atoms with Crippen LogP contribution in [0.5, 0.6) is 0 Å². The quantitative estimate of drug-likeness (QED) is 0.624. The van der Waals surface area contributed by atoms with E-state index in [2.05, 4.69) is 39.4 Å². The van der Waals surface area contributed by atoms with Gasteiger partial charge in [0, 0.05) is 37.1 Å². The van der Waals surface area contributed by atoms with Crippen LogP contribution in [-0.4, -0.2) is 27.4 Å². The van der Waals surface area contributed by atoms with Gasteiger partial charge in [-0.1, -0.05) is 50.2 Å². The molecule has 0 fully saturated rings. The summed E-state index contributed by atoms with van der Waals surface area (Å²) in [5.74, 6) is 1.46. The lowest BCUT2D eigenvalue weighted by atomic mass is 10.1. The number of pyridine rings is 1. The molecule has 1 amide bonds. The van der Waals surface area contributed by atoms with Gasteiger partial charge in [0.05, 0.1) is 0 Å². The van der Waals surface area contributed by atoms with E-state index in [1.54, 1.807) is 18.5 Å². The summed E-state index contributed by atoms with van der Waals surface area (Å²) in [4.78, 5) is 25.8. The van der Waals surface area contributed by atoms with Gasteiger partial charge in [-0.05, 0) is 24.0 Å². The highest BCUT2D eigenvalue weighted by Gasteiger charge is 2.13. The number of anilines is 1. The van der Waals surface area contributed by atoms with Crippen LogP contribution in [0.15, 0.2) is 60.9 Å². The summed E-state index contributed by atoms with van der Waals surface area (Å²) < 4.78 is 0. The molecule has 2 heterocycles. The molecule has 28 heavy (non-hydrogen) atoms.